The average Bonchev–Trinajstić information content (AvgIpc) is 2.65. The van der Waals surface area contributed by atoms with Gasteiger partial charge in [0, 0.05) is 13.1 Å². The lowest BCUT2D eigenvalue weighted by molar-refractivity contribution is -0.140. The fraction of sp³-hybridized carbons (Fsp3) is 0.381. The Morgan fingerprint density at radius 1 is 1.24 bits per heavy atom. The number of carbonyl (C=O) groups is 1. The van der Waals surface area contributed by atoms with Crippen molar-refractivity contribution in [1.29, 1.82) is 0 Å². The van der Waals surface area contributed by atoms with Crippen LogP contribution in [0.1, 0.15) is 35.2 Å². The van der Waals surface area contributed by atoms with Gasteiger partial charge in [-0.15, -0.1) is 0 Å². The van der Waals surface area contributed by atoms with E-state index in [2.05, 4.69) is 5.32 Å². The highest BCUT2D eigenvalue weighted by atomic mass is 19.4. The Kier molecular flexibility index (Phi) is 6.24. The maximum atomic E-state index is 14.0. The van der Waals surface area contributed by atoms with Crippen LogP contribution in [0.5, 0.6) is 0 Å². The Bertz CT molecular complexity index is 883. The molecule has 0 saturated heterocycles. The van der Waals surface area contributed by atoms with E-state index in [1.807, 2.05) is 6.07 Å². The van der Waals surface area contributed by atoms with Crippen molar-refractivity contribution in [1.82, 2.24) is 10.2 Å². The summed E-state index contributed by atoms with van der Waals surface area (Å²) in [7, 11) is 0. The van der Waals surface area contributed by atoms with E-state index in [-0.39, 0.29) is 25.2 Å². The van der Waals surface area contributed by atoms with Gasteiger partial charge in [0.2, 0.25) is 5.91 Å². The van der Waals surface area contributed by atoms with Gasteiger partial charge in [0.05, 0.1) is 24.3 Å². The zero-order valence-corrected chi connectivity index (χ0v) is 15.8. The van der Waals surface area contributed by atoms with E-state index in [1.165, 1.54) is 4.90 Å². The van der Waals surface area contributed by atoms with Crippen LogP contribution in [0, 0.1) is 5.82 Å². The molecular formula is C21H22F4N2O2. The summed E-state index contributed by atoms with van der Waals surface area (Å²) < 4.78 is 55.0. The van der Waals surface area contributed by atoms with Crippen molar-refractivity contribution in [2.75, 3.05) is 19.6 Å². The van der Waals surface area contributed by atoms with Crippen molar-refractivity contribution in [3.8, 4) is 0 Å². The van der Waals surface area contributed by atoms with Crippen molar-refractivity contribution in [3.05, 3.63) is 70.5 Å². The number of amides is 1. The molecule has 0 aliphatic carbocycles. The number of aliphatic hydroxyl groups is 1. The molecule has 0 radical (unpaired) electrons. The van der Waals surface area contributed by atoms with Gasteiger partial charge in [0.15, 0.2) is 0 Å². The Morgan fingerprint density at radius 2 is 1.97 bits per heavy atom. The molecule has 1 amide bonds. The van der Waals surface area contributed by atoms with E-state index < -0.39 is 35.6 Å². The molecule has 2 atom stereocenters. The van der Waals surface area contributed by atoms with Gasteiger partial charge in [0.1, 0.15) is 5.82 Å². The van der Waals surface area contributed by atoms with Gasteiger partial charge in [-0.3, -0.25) is 4.79 Å². The molecule has 2 N–H and O–H groups in total. The molecule has 29 heavy (non-hydrogen) atoms. The minimum Gasteiger partial charge on any atom is -0.392 e. The number of benzene rings is 2. The molecule has 1 aliphatic heterocycles. The number of halogens is 4. The third-order valence-corrected chi connectivity index (χ3v) is 4.93. The Hall–Kier alpha value is -2.45. The molecular weight excluding hydrogens is 388 g/mol. The number of carbonyl (C=O) groups excluding carboxylic acids is 1. The first kappa shape index (κ1) is 21.3. The maximum absolute atomic E-state index is 14.0. The van der Waals surface area contributed by atoms with Crippen LogP contribution in [0.3, 0.4) is 0 Å². The molecule has 1 unspecified atom stereocenters. The number of alkyl halides is 3. The summed E-state index contributed by atoms with van der Waals surface area (Å²) in [4.78, 5) is 14.2. The number of nitrogens with zero attached hydrogens (tertiary/aromatic N) is 1. The van der Waals surface area contributed by atoms with Gasteiger partial charge in [-0.2, -0.15) is 13.2 Å². The van der Waals surface area contributed by atoms with Gasteiger partial charge >= 0.3 is 6.18 Å². The van der Waals surface area contributed by atoms with Crippen LogP contribution < -0.4 is 5.32 Å². The van der Waals surface area contributed by atoms with E-state index >= 15 is 0 Å². The zero-order chi connectivity index (χ0) is 21.2. The minimum atomic E-state index is -4.69. The van der Waals surface area contributed by atoms with Crippen LogP contribution >= 0.6 is 0 Å². The van der Waals surface area contributed by atoms with Crippen LogP contribution in [0.15, 0.2) is 42.5 Å². The molecule has 0 aromatic heterocycles. The van der Waals surface area contributed by atoms with Gasteiger partial charge in [-0.1, -0.05) is 24.3 Å². The topological polar surface area (TPSA) is 52.6 Å². The predicted octanol–water partition coefficient (Wildman–Crippen LogP) is 3.29. The fourth-order valence-corrected chi connectivity index (χ4v) is 3.68. The highest BCUT2D eigenvalue weighted by Crippen LogP contribution is 2.42. The van der Waals surface area contributed by atoms with Crippen LogP contribution in [-0.4, -0.2) is 41.7 Å². The van der Waals surface area contributed by atoms with Crippen molar-refractivity contribution in [2.24, 2.45) is 0 Å². The van der Waals surface area contributed by atoms with Crippen molar-refractivity contribution < 1.29 is 27.5 Å². The summed E-state index contributed by atoms with van der Waals surface area (Å²) in [5.74, 6) is -1.21. The van der Waals surface area contributed by atoms with Gasteiger partial charge in [-0.05, 0) is 48.2 Å². The van der Waals surface area contributed by atoms with E-state index in [0.29, 0.717) is 12.0 Å². The molecule has 2 aromatic rings. The monoisotopic (exact) mass is 410 g/mol. The number of rotatable bonds is 5. The normalized spacial score (nSPS) is 17.7. The van der Waals surface area contributed by atoms with Crippen LogP contribution in [0.4, 0.5) is 17.6 Å². The SMILES string of the molecule is C[C@@H](O)CNCC(=O)N1CCc2ccccc2C1c1cc(F)ccc1C(F)(F)F. The number of fused-ring (bicyclic) bond motifs is 1. The van der Waals surface area contributed by atoms with E-state index in [9.17, 15) is 27.5 Å². The third-order valence-electron chi connectivity index (χ3n) is 4.93. The standard InChI is InChI=1S/C21H22F4N2O2/c1-13(28)11-26-12-19(29)27-9-8-14-4-2-3-5-16(14)20(27)17-10-15(22)6-7-18(17)21(23,24)25/h2-7,10,13,20,26,28H,8-9,11-12H2,1H3/t13-,20?/m1/s1. The molecule has 156 valence electrons. The lowest BCUT2D eigenvalue weighted by atomic mass is 9.86. The Balaban J connectivity index is 2.06. The molecule has 0 bridgehead atoms. The Morgan fingerprint density at radius 3 is 2.66 bits per heavy atom. The number of aliphatic hydroxyl groups excluding tert-OH is 1. The second-order valence-electron chi connectivity index (χ2n) is 7.15. The number of hydrogen-bond acceptors (Lipinski definition) is 3. The van der Waals surface area contributed by atoms with Gasteiger partial charge < -0.3 is 15.3 Å². The lowest BCUT2D eigenvalue weighted by Gasteiger charge is -2.39. The average molecular weight is 410 g/mol. The molecule has 4 nitrogen and oxygen atoms in total. The van der Waals surface area contributed by atoms with Crippen LogP contribution in [0.2, 0.25) is 0 Å². The van der Waals surface area contributed by atoms with Crippen molar-refractivity contribution >= 4 is 5.91 Å². The molecule has 1 heterocycles. The predicted molar refractivity (Wildman–Crippen MR) is 99.7 cm³/mol. The molecule has 0 saturated carbocycles. The minimum absolute atomic E-state index is 0.139. The smallest absolute Gasteiger partial charge is 0.392 e. The fourth-order valence-electron chi connectivity index (χ4n) is 3.68. The van der Waals surface area contributed by atoms with Crippen LogP contribution in [0.25, 0.3) is 0 Å². The molecule has 3 rings (SSSR count). The first-order chi connectivity index (χ1) is 13.7. The summed E-state index contributed by atoms with van der Waals surface area (Å²) in [5, 5.41) is 12.1. The highest BCUT2D eigenvalue weighted by molar-refractivity contribution is 5.80. The second-order valence-corrected chi connectivity index (χ2v) is 7.15. The largest absolute Gasteiger partial charge is 0.416 e. The first-order valence-corrected chi connectivity index (χ1v) is 9.31. The Labute approximate surface area is 166 Å². The maximum Gasteiger partial charge on any atom is 0.416 e. The van der Waals surface area contributed by atoms with E-state index in [0.717, 1.165) is 23.8 Å². The first-order valence-electron chi connectivity index (χ1n) is 9.31. The summed E-state index contributed by atoms with van der Waals surface area (Å²) in [6, 6.07) is 8.27. The van der Waals surface area contributed by atoms with Crippen molar-refractivity contribution in [2.45, 2.75) is 31.7 Å². The van der Waals surface area contributed by atoms with Crippen molar-refractivity contribution in [3.63, 3.8) is 0 Å². The quantitative estimate of drug-likeness (QED) is 0.744. The molecule has 8 heteroatoms. The molecule has 2 aromatic carbocycles. The second kappa shape index (κ2) is 8.51. The summed E-state index contributed by atoms with van der Waals surface area (Å²) in [6.07, 6.45) is -4.86. The number of hydrogen-bond donors (Lipinski definition) is 2. The van der Waals surface area contributed by atoms with Gasteiger partial charge in [0.25, 0.3) is 0 Å². The van der Waals surface area contributed by atoms with E-state index in [1.54, 1.807) is 25.1 Å². The van der Waals surface area contributed by atoms with E-state index in [4.69, 9.17) is 0 Å². The highest BCUT2D eigenvalue weighted by Gasteiger charge is 2.40. The van der Waals surface area contributed by atoms with Gasteiger partial charge in [-0.25, -0.2) is 4.39 Å². The molecule has 1 aliphatic rings. The lowest BCUT2D eigenvalue weighted by Crippen LogP contribution is -2.45. The number of nitrogens with one attached hydrogen (secondary N) is 1. The summed E-state index contributed by atoms with van der Waals surface area (Å²) in [5.41, 5.74) is 0.137. The zero-order valence-electron chi connectivity index (χ0n) is 15.8. The molecule has 0 fully saturated rings. The summed E-state index contributed by atoms with van der Waals surface area (Å²) in [6.45, 7) is 1.80. The summed E-state index contributed by atoms with van der Waals surface area (Å²) >= 11 is 0. The molecule has 0 spiro atoms. The third kappa shape index (κ3) is 4.76. The van der Waals surface area contributed by atoms with Crippen LogP contribution in [-0.2, 0) is 17.4 Å².